The molecular formula is C20H21FN10O2. The van der Waals surface area contributed by atoms with Crippen molar-refractivity contribution < 1.29 is 13.9 Å². The number of aryl methyl sites for hydroxylation is 1. The van der Waals surface area contributed by atoms with Crippen LogP contribution in [0.5, 0.6) is 0 Å². The summed E-state index contributed by atoms with van der Waals surface area (Å²) >= 11 is 0. The summed E-state index contributed by atoms with van der Waals surface area (Å²) in [6.07, 6.45) is 2.06. The molecule has 1 fully saturated rings. The van der Waals surface area contributed by atoms with Crippen LogP contribution >= 0.6 is 0 Å². The summed E-state index contributed by atoms with van der Waals surface area (Å²) in [5, 5.41) is 13.5. The molecule has 0 saturated heterocycles. The highest BCUT2D eigenvalue weighted by molar-refractivity contribution is 5.92. The Morgan fingerprint density at radius 2 is 2.12 bits per heavy atom. The number of ether oxygens (including phenoxy) is 1. The van der Waals surface area contributed by atoms with Gasteiger partial charge in [0.25, 0.3) is 0 Å². The molecule has 1 amide bonds. The average Bonchev–Trinajstić information content (AvgIpc) is 3.47. The zero-order chi connectivity index (χ0) is 22.7. The largest absolute Gasteiger partial charge is 0.371 e. The fourth-order valence-corrected chi connectivity index (χ4v) is 4.43. The maximum atomic E-state index is 14.3. The van der Waals surface area contributed by atoms with E-state index in [2.05, 4.69) is 41.0 Å². The lowest BCUT2D eigenvalue weighted by molar-refractivity contribution is 0.0271. The van der Waals surface area contributed by atoms with Gasteiger partial charge < -0.3 is 20.7 Å². The molecule has 13 heteroatoms. The van der Waals surface area contributed by atoms with Gasteiger partial charge in [0.05, 0.1) is 24.4 Å². The lowest BCUT2D eigenvalue weighted by atomic mass is 10.2. The molecule has 2 aliphatic rings. The second-order valence-electron chi connectivity index (χ2n) is 8.22. The van der Waals surface area contributed by atoms with Gasteiger partial charge in [0, 0.05) is 26.1 Å². The predicted octanol–water partition coefficient (Wildman–Crippen LogP) is 1.92. The third kappa shape index (κ3) is 3.31. The molecule has 1 unspecified atom stereocenters. The average molecular weight is 452 g/mol. The Kier molecular flexibility index (Phi) is 4.40. The maximum Gasteiger partial charge on any atom is 0.328 e. The molecule has 0 radical (unpaired) electrons. The fourth-order valence-electron chi connectivity index (χ4n) is 4.43. The molecule has 12 nitrogen and oxygen atoms in total. The van der Waals surface area contributed by atoms with E-state index in [1.54, 1.807) is 18.5 Å². The number of pyridine rings is 1. The van der Waals surface area contributed by atoms with E-state index in [1.165, 1.54) is 10.9 Å². The number of carbonyl (C=O) groups excluding carboxylic acids is 1. The van der Waals surface area contributed by atoms with Gasteiger partial charge in [-0.25, -0.2) is 28.2 Å². The summed E-state index contributed by atoms with van der Waals surface area (Å²) in [6, 6.07) is 0.949. The summed E-state index contributed by atoms with van der Waals surface area (Å²) in [5.74, 6) is 1.31. The number of nitrogens with one attached hydrogen (secondary N) is 3. The molecule has 3 N–H and O–H groups in total. The minimum absolute atomic E-state index is 0.180. The zero-order valence-corrected chi connectivity index (χ0v) is 17.9. The van der Waals surface area contributed by atoms with E-state index in [-0.39, 0.29) is 25.4 Å². The Morgan fingerprint density at radius 1 is 1.24 bits per heavy atom. The fraction of sp³-hybridized carbons (Fsp3) is 0.400. The van der Waals surface area contributed by atoms with E-state index in [9.17, 15) is 9.18 Å². The van der Waals surface area contributed by atoms with Crippen molar-refractivity contribution in [2.75, 3.05) is 17.7 Å². The van der Waals surface area contributed by atoms with Crippen molar-refractivity contribution in [3.8, 4) is 0 Å². The zero-order valence-electron chi connectivity index (χ0n) is 17.9. The molecule has 0 spiro atoms. The number of hydrogen-bond acceptors (Lipinski definition) is 9. The topological polar surface area (TPSA) is 136 Å². The molecular weight excluding hydrogens is 431 g/mol. The first-order valence-corrected chi connectivity index (χ1v) is 10.6. The standard InChI is InChI=1S/C20H21FN10O2/c1-9-24-17-13-3-10(6-31(17)29-9)7-33-14-5-11(21)4-12(14)26-20(32)30-8-23-15-16(22-2)27-19(25-13)28-18(15)30/h3,6,8,11-12,14H,4-5,7H2,1-2H3,(H,26,32)(H2,22,25,27,28)/t11-,12?,14-/m1/s1. The monoisotopic (exact) mass is 452 g/mol. The Hall–Kier alpha value is -3.87. The van der Waals surface area contributed by atoms with Crippen LogP contribution < -0.4 is 16.0 Å². The quantitative estimate of drug-likeness (QED) is 0.396. The van der Waals surface area contributed by atoms with Crippen molar-refractivity contribution in [1.82, 2.24) is 39.4 Å². The van der Waals surface area contributed by atoms with Gasteiger partial charge in [-0.2, -0.15) is 15.1 Å². The number of anilines is 3. The molecule has 1 aliphatic carbocycles. The summed E-state index contributed by atoms with van der Waals surface area (Å²) in [5.41, 5.74) is 2.76. The van der Waals surface area contributed by atoms with Crippen LogP contribution in [0.2, 0.25) is 0 Å². The van der Waals surface area contributed by atoms with Gasteiger partial charge in [-0.3, -0.25) is 0 Å². The number of aromatic nitrogens is 7. The molecule has 170 valence electrons. The summed E-state index contributed by atoms with van der Waals surface area (Å²) in [4.78, 5) is 30.9. The van der Waals surface area contributed by atoms with Crippen LogP contribution in [-0.4, -0.2) is 65.5 Å². The van der Waals surface area contributed by atoms with Gasteiger partial charge in [-0.15, -0.1) is 0 Å². The lowest BCUT2D eigenvalue weighted by Gasteiger charge is -2.22. The molecule has 4 bridgehead atoms. The highest BCUT2D eigenvalue weighted by atomic mass is 19.1. The van der Waals surface area contributed by atoms with Crippen LogP contribution in [0.15, 0.2) is 18.6 Å². The third-order valence-corrected chi connectivity index (χ3v) is 5.91. The number of rotatable bonds is 1. The van der Waals surface area contributed by atoms with Crippen LogP contribution in [0.1, 0.15) is 24.2 Å². The van der Waals surface area contributed by atoms with Crippen molar-refractivity contribution >= 4 is 40.3 Å². The number of fused-ring (bicyclic) bond motifs is 6. The first kappa shape index (κ1) is 19.8. The molecule has 4 aromatic rings. The highest BCUT2D eigenvalue weighted by Gasteiger charge is 2.37. The minimum atomic E-state index is -1.06. The molecule has 5 heterocycles. The number of nitrogens with zero attached hydrogens (tertiary/aromatic N) is 7. The Balaban J connectivity index is 1.55. The SMILES string of the molecule is CNc1nc2nc3c1ncn3C(=O)NC1C[C@@H](F)C[C@H]1OCc1cc(c3nc(C)nn3c1)N2. The molecule has 3 atom stereocenters. The van der Waals surface area contributed by atoms with Gasteiger partial charge in [0.1, 0.15) is 18.3 Å². The van der Waals surface area contributed by atoms with Gasteiger partial charge in [-0.1, -0.05) is 0 Å². The molecule has 0 aromatic carbocycles. The summed E-state index contributed by atoms with van der Waals surface area (Å²) < 4.78 is 23.3. The number of carbonyl (C=O) groups is 1. The van der Waals surface area contributed by atoms with Crippen molar-refractivity contribution in [3.05, 3.63) is 30.0 Å². The normalized spacial score (nSPS) is 22.8. The van der Waals surface area contributed by atoms with Crippen LogP contribution in [-0.2, 0) is 11.3 Å². The number of amides is 1. The van der Waals surface area contributed by atoms with E-state index < -0.39 is 24.3 Å². The van der Waals surface area contributed by atoms with Crippen molar-refractivity contribution in [2.45, 2.75) is 44.7 Å². The van der Waals surface area contributed by atoms with E-state index in [1.807, 2.05) is 12.3 Å². The number of alkyl halides is 1. The Bertz CT molecular complexity index is 1400. The molecule has 1 aliphatic heterocycles. The van der Waals surface area contributed by atoms with E-state index >= 15 is 0 Å². The predicted molar refractivity (Wildman–Crippen MR) is 116 cm³/mol. The Morgan fingerprint density at radius 3 is 2.97 bits per heavy atom. The first-order valence-electron chi connectivity index (χ1n) is 10.6. The van der Waals surface area contributed by atoms with E-state index in [4.69, 9.17) is 4.74 Å². The third-order valence-electron chi connectivity index (χ3n) is 5.91. The van der Waals surface area contributed by atoms with E-state index in [0.29, 0.717) is 34.1 Å². The number of halogens is 1. The van der Waals surface area contributed by atoms with Crippen LogP contribution in [0.4, 0.5) is 26.6 Å². The number of hydrogen-bond donors (Lipinski definition) is 3. The van der Waals surface area contributed by atoms with Crippen LogP contribution in [0.3, 0.4) is 0 Å². The smallest absolute Gasteiger partial charge is 0.328 e. The summed E-state index contributed by atoms with van der Waals surface area (Å²) in [6.45, 7) is 2.02. The molecule has 6 rings (SSSR count). The van der Waals surface area contributed by atoms with Crippen molar-refractivity contribution in [3.63, 3.8) is 0 Å². The van der Waals surface area contributed by atoms with Crippen molar-refractivity contribution in [1.29, 1.82) is 0 Å². The summed E-state index contributed by atoms with van der Waals surface area (Å²) in [7, 11) is 1.71. The molecule has 33 heavy (non-hydrogen) atoms. The second kappa shape index (κ2) is 7.33. The number of imidazole rings is 1. The maximum absolute atomic E-state index is 14.3. The minimum Gasteiger partial charge on any atom is -0.371 e. The van der Waals surface area contributed by atoms with Crippen LogP contribution in [0, 0.1) is 6.92 Å². The van der Waals surface area contributed by atoms with Gasteiger partial charge in [0.2, 0.25) is 5.95 Å². The van der Waals surface area contributed by atoms with Crippen molar-refractivity contribution in [2.24, 2.45) is 0 Å². The molecule has 4 aromatic heterocycles. The second-order valence-corrected chi connectivity index (χ2v) is 8.22. The van der Waals surface area contributed by atoms with Gasteiger partial charge in [0.15, 0.2) is 22.6 Å². The first-order chi connectivity index (χ1) is 16.0. The van der Waals surface area contributed by atoms with Gasteiger partial charge in [-0.05, 0) is 18.6 Å². The highest BCUT2D eigenvalue weighted by Crippen LogP contribution is 2.29. The van der Waals surface area contributed by atoms with Gasteiger partial charge >= 0.3 is 6.03 Å². The lowest BCUT2D eigenvalue weighted by Crippen LogP contribution is -2.43. The van der Waals surface area contributed by atoms with Crippen LogP contribution in [0.25, 0.3) is 16.8 Å². The van der Waals surface area contributed by atoms with E-state index in [0.717, 1.165) is 5.56 Å². The molecule has 1 saturated carbocycles. The Labute approximate surface area is 186 Å².